The number of nitrogens with two attached hydrogens (primary N) is 1. The van der Waals surface area contributed by atoms with Gasteiger partial charge in [0.15, 0.2) is 0 Å². The monoisotopic (exact) mass is 248 g/mol. The highest BCUT2D eigenvalue weighted by molar-refractivity contribution is 7.99. The fraction of sp³-hybridized carbons (Fsp3) is 0.800. The van der Waals surface area contributed by atoms with Crippen molar-refractivity contribution < 1.29 is 14.3 Å². The Labute approximate surface area is 100 Å². The summed E-state index contributed by atoms with van der Waals surface area (Å²) in [6.45, 7) is 4.13. The molecule has 1 amide bonds. The molecule has 0 radical (unpaired) electrons. The molecular weight excluding hydrogens is 228 g/mol. The molecule has 6 heteroatoms. The molecule has 5 nitrogen and oxygen atoms in total. The second-order valence-corrected chi connectivity index (χ2v) is 4.67. The maximum Gasteiger partial charge on any atom is 0.315 e. The molecular formula is C10H20N2O3S. The van der Waals surface area contributed by atoms with Gasteiger partial charge in [0.25, 0.3) is 0 Å². The molecule has 2 atom stereocenters. The molecule has 2 unspecified atom stereocenters. The first kappa shape index (κ1) is 15.2. The molecule has 0 heterocycles. The van der Waals surface area contributed by atoms with E-state index in [1.165, 1.54) is 18.9 Å². The van der Waals surface area contributed by atoms with Crippen molar-refractivity contribution in [3.05, 3.63) is 0 Å². The Morgan fingerprint density at radius 1 is 1.44 bits per heavy atom. The van der Waals surface area contributed by atoms with Crippen LogP contribution in [0.2, 0.25) is 0 Å². The van der Waals surface area contributed by atoms with Crippen LogP contribution in [0.5, 0.6) is 0 Å². The summed E-state index contributed by atoms with van der Waals surface area (Å²) in [5.74, 6) is 0.515. The number of hydrogen-bond donors (Lipinski definition) is 2. The molecule has 0 aromatic heterocycles. The van der Waals surface area contributed by atoms with Gasteiger partial charge in [0.1, 0.15) is 0 Å². The second kappa shape index (κ2) is 8.41. The fourth-order valence-corrected chi connectivity index (χ4v) is 1.54. The van der Waals surface area contributed by atoms with E-state index in [2.05, 4.69) is 10.1 Å². The molecule has 0 saturated heterocycles. The summed E-state index contributed by atoms with van der Waals surface area (Å²) in [5.41, 5.74) is 5.60. The highest BCUT2D eigenvalue weighted by Gasteiger charge is 2.15. The molecule has 0 aromatic rings. The number of rotatable bonds is 7. The van der Waals surface area contributed by atoms with Crippen molar-refractivity contribution in [3.8, 4) is 0 Å². The first-order chi connectivity index (χ1) is 7.49. The quantitative estimate of drug-likeness (QED) is 0.489. The first-order valence-corrected chi connectivity index (χ1v) is 6.32. The van der Waals surface area contributed by atoms with Gasteiger partial charge >= 0.3 is 5.97 Å². The number of methoxy groups -OCH3 is 1. The first-order valence-electron chi connectivity index (χ1n) is 5.17. The molecule has 0 saturated carbocycles. The zero-order chi connectivity index (χ0) is 12.6. The molecule has 3 N–H and O–H groups in total. The van der Waals surface area contributed by atoms with E-state index in [0.717, 1.165) is 0 Å². The smallest absolute Gasteiger partial charge is 0.315 e. The number of ether oxygens (including phenoxy) is 1. The van der Waals surface area contributed by atoms with Crippen LogP contribution in [0, 0.1) is 5.92 Å². The Morgan fingerprint density at radius 2 is 2.06 bits per heavy atom. The number of thioether (sulfide) groups is 1. The number of esters is 1. The minimum absolute atomic E-state index is 0.0475. The Morgan fingerprint density at radius 3 is 2.56 bits per heavy atom. The van der Waals surface area contributed by atoms with Crippen LogP contribution >= 0.6 is 11.8 Å². The van der Waals surface area contributed by atoms with Gasteiger partial charge in [-0.25, -0.2) is 0 Å². The Bertz CT molecular complexity index is 234. The average molecular weight is 248 g/mol. The summed E-state index contributed by atoms with van der Waals surface area (Å²) in [5, 5.41) is 2.76. The van der Waals surface area contributed by atoms with Crippen molar-refractivity contribution in [2.24, 2.45) is 11.7 Å². The van der Waals surface area contributed by atoms with Crippen LogP contribution in [0.4, 0.5) is 0 Å². The third-order valence-electron chi connectivity index (χ3n) is 2.20. The zero-order valence-corrected chi connectivity index (χ0v) is 10.8. The van der Waals surface area contributed by atoms with Crippen molar-refractivity contribution in [1.29, 1.82) is 0 Å². The van der Waals surface area contributed by atoms with Crippen LogP contribution in [-0.2, 0) is 14.3 Å². The fourth-order valence-electron chi connectivity index (χ4n) is 0.861. The van der Waals surface area contributed by atoms with Crippen LogP contribution in [0.1, 0.15) is 13.8 Å². The van der Waals surface area contributed by atoms with Crippen molar-refractivity contribution in [2.45, 2.75) is 19.9 Å². The predicted molar refractivity (Wildman–Crippen MR) is 65.2 cm³/mol. The molecule has 94 valence electrons. The van der Waals surface area contributed by atoms with E-state index in [0.29, 0.717) is 18.1 Å². The highest BCUT2D eigenvalue weighted by atomic mass is 32.2. The zero-order valence-electron chi connectivity index (χ0n) is 9.99. The van der Waals surface area contributed by atoms with Crippen molar-refractivity contribution in [2.75, 3.05) is 25.2 Å². The van der Waals surface area contributed by atoms with Gasteiger partial charge in [-0.1, -0.05) is 6.92 Å². The molecule has 0 rings (SSSR count). The molecule has 0 aliphatic rings. The van der Waals surface area contributed by atoms with E-state index in [1.54, 1.807) is 13.8 Å². The summed E-state index contributed by atoms with van der Waals surface area (Å²) >= 11 is 1.43. The SMILES string of the molecule is COC(=O)CSCCNC(=O)C(C)C(C)N. The third kappa shape index (κ3) is 6.68. The minimum atomic E-state index is -0.250. The molecule has 0 aliphatic heterocycles. The van der Waals surface area contributed by atoms with Crippen LogP contribution in [0.3, 0.4) is 0 Å². The van der Waals surface area contributed by atoms with E-state index in [1.807, 2.05) is 0 Å². The van der Waals surface area contributed by atoms with E-state index >= 15 is 0 Å². The molecule has 16 heavy (non-hydrogen) atoms. The summed E-state index contributed by atoms with van der Waals surface area (Å²) < 4.78 is 4.48. The van der Waals surface area contributed by atoms with Gasteiger partial charge in [0, 0.05) is 24.3 Å². The van der Waals surface area contributed by atoms with E-state index in [-0.39, 0.29) is 23.8 Å². The maximum atomic E-state index is 11.4. The lowest BCUT2D eigenvalue weighted by Gasteiger charge is -2.14. The Hall–Kier alpha value is -0.750. The lowest BCUT2D eigenvalue weighted by Crippen LogP contribution is -2.39. The van der Waals surface area contributed by atoms with Gasteiger partial charge in [0.2, 0.25) is 5.91 Å². The lowest BCUT2D eigenvalue weighted by molar-refractivity contribution is -0.137. The average Bonchev–Trinajstić information content (AvgIpc) is 2.26. The largest absolute Gasteiger partial charge is 0.468 e. The minimum Gasteiger partial charge on any atom is -0.468 e. The summed E-state index contributed by atoms with van der Waals surface area (Å²) in [6.07, 6.45) is 0. The van der Waals surface area contributed by atoms with Crippen molar-refractivity contribution >= 4 is 23.6 Å². The number of amides is 1. The number of carbonyl (C=O) groups excluding carboxylic acids is 2. The van der Waals surface area contributed by atoms with Gasteiger partial charge in [-0.05, 0) is 6.92 Å². The standard InChI is InChI=1S/C10H20N2O3S/c1-7(8(2)11)10(14)12-4-5-16-6-9(13)15-3/h7-8H,4-6,11H2,1-3H3,(H,12,14). The maximum absolute atomic E-state index is 11.4. The van der Waals surface area contributed by atoms with E-state index in [4.69, 9.17) is 5.73 Å². The van der Waals surface area contributed by atoms with E-state index in [9.17, 15) is 9.59 Å². The van der Waals surface area contributed by atoms with Crippen LogP contribution in [-0.4, -0.2) is 43.1 Å². The third-order valence-corrected chi connectivity index (χ3v) is 3.13. The van der Waals surface area contributed by atoms with Crippen LogP contribution in [0.25, 0.3) is 0 Å². The molecule has 0 bridgehead atoms. The highest BCUT2D eigenvalue weighted by Crippen LogP contribution is 2.01. The van der Waals surface area contributed by atoms with Crippen LogP contribution in [0.15, 0.2) is 0 Å². The molecule has 0 aliphatic carbocycles. The van der Waals surface area contributed by atoms with Gasteiger partial charge in [-0.3, -0.25) is 9.59 Å². The molecule has 0 aromatic carbocycles. The molecule has 0 fully saturated rings. The number of nitrogens with one attached hydrogen (secondary N) is 1. The van der Waals surface area contributed by atoms with Crippen LogP contribution < -0.4 is 11.1 Å². The second-order valence-electron chi connectivity index (χ2n) is 3.57. The molecule has 0 spiro atoms. The predicted octanol–water partition coefficient (Wildman–Crippen LogP) is -0.00790. The number of hydrogen-bond acceptors (Lipinski definition) is 5. The van der Waals surface area contributed by atoms with Crippen molar-refractivity contribution in [1.82, 2.24) is 5.32 Å². The summed E-state index contributed by atoms with van der Waals surface area (Å²) in [6, 6.07) is -0.150. The number of carbonyl (C=O) groups is 2. The van der Waals surface area contributed by atoms with Crippen molar-refractivity contribution in [3.63, 3.8) is 0 Å². The van der Waals surface area contributed by atoms with Gasteiger partial charge < -0.3 is 15.8 Å². The normalized spacial score (nSPS) is 14.0. The Balaban J connectivity index is 3.52. The lowest BCUT2D eigenvalue weighted by atomic mass is 10.0. The van der Waals surface area contributed by atoms with Gasteiger partial charge in [-0.2, -0.15) is 0 Å². The summed E-state index contributed by atoms with van der Waals surface area (Å²) in [7, 11) is 1.36. The summed E-state index contributed by atoms with van der Waals surface area (Å²) in [4.78, 5) is 22.2. The van der Waals surface area contributed by atoms with Gasteiger partial charge in [0.05, 0.1) is 12.9 Å². The Kier molecular flexibility index (Phi) is 8.01. The van der Waals surface area contributed by atoms with E-state index < -0.39 is 0 Å². The van der Waals surface area contributed by atoms with Gasteiger partial charge in [-0.15, -0.1) is 11.8 Å². The topological polar surface area (TPSA) is 81.4 Å².